The molecule has 2 aromatic carbocycles. The van der Waals surface area contributed by atoms with Gasteiger partial charge in [-0.15, -0.1) is 0 Å². The number of likely N-dealkylation sites (N-methyl/N-ethyl adjacent to an activating group) is 1. The van der Waals surface area contributed by atoms with E-state index in [1.165, 1.54) is 13.0 Å². The zero-order valence-corrected chi connectivity index (χ0v) is 28.6. The number of aryl methyl sites for hydroxylation is 1. The van der Waals surface area contributed by atoms with Crippen molar-refractivity contribution in [3.63, 3.8) is 0 Å². The topological polar surface area (TPSA) is 106 Å². The summed E-state index contributed by atoms with van der Waals surface area (Å²) in [6.45, 7) is 6.45. The lowest BCUT2D eigenvalue weighted by Gasteiger charge is -2.38. The van der Waals surface area contributed by atoms with Crippen molar-refractivity contribution in [2.45, 2.75) is 38.3 Å². The molecule has 14 heteroatoms. The second-order valence-corrected chi connectivity index (χ2v) is 14.9. The van der Waals surface area contributed by atoms with Crippen LogP contribution >= 0.6 is 39.1 Å². The summed E-state index contributed by atoms with van der Waals surface area (Å²) in [5.41, 5.74) is 3.73. The molecule has 2 aliphatic heterocycles. The highest BCUT2D eigenvalue weighted by molar-refractivity contribution is 9.10. The van der Waals surface area contributed by atoms with Crippen LogP contribution in [0, 0.1) is 6.92 Å². The van der Waals surface area contributed by atoms with Crippen molar-refractivity contribution in [1.82, 2.24) is 19.8 Å². The molecule has 0 radical (unpaired) electrons. The van der Waals surface area contributed by atoms with E-state index < -0.39 is 10.0 Å². The first-order valence-corrected chi connectivity index (χ1v) is 17.6. The quantitative estimate of drug-likeness (QED) is 0.235. The highest BCUT2D eigenvalue weighted by Gasteiger charge is 2.32. The summed E-state index contributed by atoms with van der Waals surface area (Å²) in [7, 11) is 0.850. The maximum Gasteiger partial charge on any atom is 0.229 e. The van der Waals surface area contributed by atoms with Crippen molar-refractivity contribution in [2.24, 2.45) is 0 Å². The van der Waals surface area contributed by atoms with Gasteiger partial charge in [-0.1, -0.05) is 23.2 Å². The van der Waals surface area contributed by atoms with E-state index in [4.69, 9.17) is 23.2 Å². The van der Waals surface area contributed by atoms with Crippen molar-refractivity contribution in [3.05, 3.63) is 56.6 Å². The number of sulfonamides is 1. The van der Waals surface area contributed by atoms with Crippen LogP contribution in [0.3, 0.4) is 0 Å². The first kappa shape index (κ1) is 32.1. The van der Waals surface area contributed by atoms with Crippen molar-refractivity contribution < 1.29 is 8.42 Å². The molecule has 43 heavy (non-hydrogen) atoms. The number of hydrogen-bond donors (Lipinski definition) is 3. The number of likely N-dealkylation sites (tertiary alicyclic amines) is 1. The van der Waals surface area contributed by atoms with Crippen LogP contribution in [-0.2, 0) is 10.0 Å². The van der Waals surface area contributed by atoms with Crippen LogP contribution in [0.1, 0.15) is 24.8 Å². The highest BCUT2D eigenvalue weighted by atomic mass is 79.9. The molecule has 3 heterocycles. The Bertz CT molecular complexity index is 1580. The monoisotopic (exact) mass is 710 g/mol. The summed E-state index contributed by atoms with van der Waals surface area (Å²) in [6.07, 6.45) is 6.23. The third kappa shape index (κ3) is 8.03. The minimum atomic E-state index is -3.51. The summed E-state index contributed by atoms with van der Waals surface area (Å²) in [5, 5.41) is 7.39. The fraction of sp³-hybridized carbons (Fsp3) is 0.448. The predicted octanol–water partition coefficient (Wildman–Crippen LogP) is 6.32. The zero-order chi connectivity index (χ0) is 30.9. The van der Waals surface area contributed by atoms with Gasteiger partial charge in [-0.25, -0.2) is 13.4 Å². The summed E-state index contributed by atoms with van der Waals surface area (Å²) >= 11 is 16.4. The molecule has 1 aromatic heterocycles. The van der Waals surface area contributed by atoms with Crippen LogP contribution < -0.4 is 20.3 Å². The first-order chi connectivity index (χ1) is 20.4. The second-order valence-electron chi connectivity index (χ2n) is 11.4. The Morgan fingerprint density at radius 3 is 2.42 bits per heavy atom. The van der Waals surface area contributed by atoms with Gasteiger partial charge in [0.25, 0.3) is 0 Å². The number of anilines is 6. The first-order valence-electron chi connectivity index (χ1n) is 14.2. The molecule has 2 fully saturated rings. The number of nitrogens with zero attached hydrogens (tertiary/aromatic N) is 5. The van der Waals surface area contributed by atoms with Crippen LogP contribution in [0.15, 0.2) is 41.0 Å². The zero-order valence-electron chi connectivity index (χ0n) is 24.7. The van der Waals surface area contributed by atoms with Gasteiger partial charge in [0.05, 0.1) is 32.8 Å². The molecule has 2 saturated heterocycles. The molecular weight excluding hydrogens is 675 g/mol. The number of benzene rings is 2. The molecule has 3 aromatic rings. The van der Waals surface area contributed by atoms with E-state index in [0.29, 0.717) is 55.4 Å². The standard InChI is InChI=1S/C29H37BrCl2N8O2S/c1-18-13-25(23(32)15-27(18)39-10-7-20(8-11-39)40-12-9-21(17-40)38(2)3)35-29-33-16-22(30)28(36-29)34-26-14-19(31)5-6-24(26)37-43(4,41)42/h5-6,13-16,20-21,37H,7-12,17H2,1-4H3,(H2,33,34,35,36). The lowest BCUT2D eigenvalue weighted by atomic mass is 10.0. The average molecular weight is 713 g/mol. The minimum absolute atomic E-state index is 0.321. The maximum atomic E-state index is 11.9. The van der Waals surface area contributed by atoms with Gasteiger partial charge in [0.15, 0.2) is 0 Å². The van der Waals surface area contributed by atoms with Crippen molar-refractivity contribution in [2.75, 3.05) is 66.8 Å². The molecule has 232 valence electrons. The molecule has 0 saturated carbocycles. The number of aromatic nitrogens is 2. The normalized spacial score (nSPS) is 18.3. The van der Waals surface area contributed by atoms with Crippen molar-refractivity contribution >= 4 is 83.7 Å². The molecule has 2 aliphatic rings. The van der Waals surface area contributed by atoms with E-state index in [1.54, 1.807) is 24.4 Å². The van der Waals surface area contributed by atoms with E-state index in [2.05, 4.69) is 77.0 Å². The Morgan fingerprint density at radius 1 is 1.00 bits per heavy atom. The van der Waals surface area contributed by atoms with Gasteiger partial charge in [-0.05, 0) is 92.1 Å². The summed E-state index contributed by atoms with van der Waals surface area (Å²) < 4.78 is 26.8. The van der Waals surface area contributed by atoms with E-state index in [9.17, 15) is 8.42 Å². The fourth-order valence-corrected chi connectivity index (χ4v) is 7.02. The van der Waals surface area contributed by atoms with Crippen LogP contribution in [0.5, 0.6) is 0 Å². The van der Waals surface area contributed by atoms with Crippen molar-refractivity contribution in [3.8, 4) is 0 Å². The van der Waals surface area contributed by atoms with E-state index in [-0.39, 0.29) is 0 Å². The minimum Gasteiger partial charge on any atom is -0.371 e. The van der Waals surface area contributed by atoms with Gasteiger partial charge in [-0.2, -0.15) is 4.98 Å². The van der Waals surface area contributed by atoms with Gasteiger partial charge >= 0.3 is 0 Å². The molecule has 1 unspecified atom stereocenters. The molecule has 0 amide bonds. The van der Waals surface area contributed by atoms with E-state index in [1.807, 2.05) is 12.1 Å². The molecular formula is C29H37BrCl2N8O2S. The smallest absolute Gasteiger partial charge is 0.229 e. The van der Waals surface area contributed by atoms with Gasteiger partial charge in [0.2, 0.25) is 16.0 Å². The second kappa shape index (κ2) is 13.3. The van der Waals surface area contributed by atoms with Gasteiger partial charge < -0.3 is 20.4 Å². The summed E-state index contributed by atoms with van der Waals surface area (Å²) in [4.78, 5) is 16.5. The Kier molecular flexibility index (Phi) is 9.94. The molecule has 5 rings (SSSR count). The predicted molar refractivity (Wildman–Crippen MR) is 181 cm³/mol. The highest BCUT2D eigenvalue weighted by Crippen LogP contribution is 2.36. The number of nitrogens with one attached hydrogen (secondary N) is 3. The Labute approximate surface area is 272 Å². The van der Waals surface area contributed by atoms with E-state index in [0.717, 1.165) is 50.0 Å². The van der Waals surface area contributed by atoms with Gasteiger partial charge in [0, 0.05) is 55.2 Å². The molecule has 0 aliphatic carbocycles. The van der Waals surface area contributed by atoms with Gasteiger partial charge in [0.1, 0.15) is 5.82 Å². The Hall–Kier alpha value is -2.35. The number of rotatable bonds is 9. The lowest BCUT2D eigenvalue weighted by molar-refractivity contribution is 0.189. The lowest BCUT2D eigenvalue weighted by Crippen LogP contribution is -2.45. The SMILES string of the molecule is Cc1cc(Nc2ncc(Br)c(Nc3cc(Cl)ccc3NS(C)(=O)=O)n2)c(Cl)cc1N1CCC(N2CCC(N(C)C)C2)CC1. The van der Waals surface area contributed by atoms with Crippen LogP contribution in [0.25, 0.3) is 0 Å². The molecule has 10 nitrogen and oxygen atoms in total. The number of hydrogen-bond acceptors (Lipinski definition) is 9. The average Bonchev–Trinajstić information content (AvgIpc) is 3.44. The molecule has 3 N–H and O–H groups in total. The Balaban J connectivity index is 1.27. The van der Waals surface area contributed by atoms with Crippen LogP contribution in [0.2, 0.25) is 10.0 Å². The van der Waals surface area contributed by atoms with Crippen molar-refractivity contribution in [1.29, 1.82) is 0 Å². The summed E-state index contributed by atoms with van der Waals surface area (Å²) in [6, 6.07) is 10.1. The molecule has 0 spiro atoms. The maximum absolute atomic E-state index is 11.9. The van der Waals surface area contributed by atoms with Crippen LogP contribution in [-0.4, -0.2) is 86.8 Å². The number of piperidine rings is 1. The molecule has 1 atom stereocenters. The number of halogens is 3. The largest absolute Gasteiger partial charge is 0.371 e. The summed E-state index contributed by atoms with van der Waals surface area (Å²) in [5.74, 6) is 0.736. The third-order valence-electron chi connectivity index (χ3n) is 8.05. The molecule has 0 bridgehead atoms. The Morgan fingerprint density at radius 2 is 1.74 bits per heavy atom. The third-order valence-corrected chi connectivity index (χ3v) is 9.77. The van der Waals surface area contributed by atoms with Gasteiger partial charge in [-0.3, -0.25) is 9.62 Å². The van der Waals surface area contributed by atoms with E-state index >= 15 is 0 Å². The fourth-order valence-electron chi connectivity index (χ4n) is 5.77. The van der Waals surface area contributed by atoms with Crippen LogP contribution in [0.4, 0.5) is 34.5 Å².